The maximum Gasteiger partial charge on any atom is 0.117 e. The number of furan rings is 1. The third-order valence-corrected chi connectivity index (χ3v) is 3.70. The maximum absolute atomic E-state index is 5.37. The summed E-state index contributed by atoms with van der Waals surface area (Å²) in [5.74, 6) is 1.01. The van der Waals surface area contributed by atoms with Crippen LogP contribution in [0.3, 0.4) is 0 Å². The predicted octanol–water partition coefficient (Wildman–Crippen LogP) is 2.83. The Bertz CT molecular complexity index is 343. The van der Waals surface area contributed by atoms with Gasteiger partial charge in [-0.2, -0.15) is 0 Å². The summed E-state index contributed by atoms with van der Waals surface area (Å²) in [6.07, 6.45) is 7.14. The molecule has 1 aromatic rings. The number of piperidine rings is 1. The van der Waals surface area contributed by atoms with Gasteiger partial charge in [-0.05, 0) is 51.5 Å². The first kappa shape index (κ1) is 15.3. The fraction of sp³-hybridized carbons (Fsp3) is 0.571. The lowest BCUT2D eigenvalue weighted by atomic mass is 9.84. The molecule has 18 heavy (non-hydrogen) atoms. The summed E-state index contributed by atoms with van der Waals surface area (Å²) < 4.78 is 5.37. The Morgan fingerprint density at radius 2 is 2.22 bits per heavy atom. The lowest BCUT2D eigenvalue weighted by molar-refractivity contribution is 0.154. The van der Waals surface area contributed by atoms with E-state index in [-0.39, 0.29) is 17.9 Å². The van der Waals surface area contributed by atoms with Crippen molar-refractivity contribution in [1.29, 1.82) is 0 Å². The highest BCUT2D eigenvalue weighted by Gasteiger charge is 2.31. The zero-order valence-corrected chi connectivity index (χ0v) is 11.8. The van der Waals surface area contributed by atoms with Crippen LogP contribution >= 0.6 is 12.4 Å². The monoisotopic (exact) mass is 270 g/mol. The van der Waals surface area contributed by atoms with Crippen LogP contribution in [0.5, 0.6) is 0 Å². The van der Waals surface area contributed by atoms with Crippen LogP contribution in [-0.2, 0) is 6.54 Å². The third-order valence-electron chi connectivity index (χ3n) is 3.70. The molecule has 1 saturated heterocycles. The highest BCUT2D eigenvalue weighted by Crippen LogP contribution is 2.26. The number of likely N-dealkylation sites (tertiary alicyclic amines) is 1. The van der Waals surface area contributed by atoms with Crippen LogP contribution in [0, 0.1) is 0 Å². The summed E-state index contributed by atoms with van der Waals surface area (Å²) in [6, 6.07) is 3.95. The molecule has 2 rings (SSSR count). The molecule has 3 nitrogen and oxygen atoms in total. The largest absolute Gasteiger partial charge is 0.468 e. The van der Waals surface area contributed by atoms with Crippen LogP contribution in [-0.4, -0.2) is 30.6 Å². The van der Waals surface area contributed by atoms with Gasteiger partial charge in [0.15, 0.2) is 0 Å². The minimum atomic E-state index is 0. The Morgan fingerprint density at radius 3 is 2.78 bits per heavy atom. The summed E-state index contributed by atoms with van der Waals surface area (Å²) in [5.41, 5.74) is 0.209. The van der Waals surface area contributed by atoms with Gasteiger partial charge < -0.3 is 14.6 Å². The first-order chi connectivity index (χ1) is 8.24. The Morgan fingerprint density at radius 1 is 1.50 bits per heavy atom. The lowest BCUT2D eigenvalue weighted by Gasteiger charge is -2.41. The van der Waals surface area contributed by atoms with E-state index in [1.54, 1.807) is 6.26 Å². The molecule has 1 aliphatic rings. The van der Waals surface area contributed by atoms with Crippen LogP contribution in [0.2, 0.25) is 0 Å². The van der Waals surface area contributed by atoms with E-state index in [0.717, 1.165) is 31.8 Å². The first-order valence-corrected chi connectivity index (χ1v) is 6.31. The molecule has 0 aromatic carbocycles. The molecule has 1 fully saturated rings. The van der Waals surface area contributed by atoms with Crippen molar-refractivity contribution in [2.45, 2.75) is 31.3 Å². The van der Waals surface area contributed by atoms with Crippen molar-refractivity contribution in [2.24, 2.45) is 0 Å². The van der Waals surface area contributed by atoms with E-state index >= 15 is 0 Å². The lowest BCUT2D eigenvalue weighted by Crippen LogP contribution is -2.52. The Labute approximate surface area is 116 Å². The van der Waals surface area contributed by atoms with E-state index in [0.29, 0.717) is 0 Å². The first-order valence-electron chi connectivity index (χ1n) is 6.31. The van der Waals surface area contributed by atoms with Gasteiger partial charge in [0.1, 0.15) is 5.76 Å². The fourth-order valence-corrected chi connectivity index (χ4v) is 2.46. The molecule has 0 unspecified atom stereocenters. The molecule has 0 amide bonds. The molecule has 0 saturated carbocycles. The number of nitrogens with zero attached hydrogens (tertiary/aromatic N) is 1. The maximum atomic E-state index is 5.37. The van der Waals surface area contributed by atoms with E-state index in [1.165, 1.54) is 12.8 Å². The molecule has 4 heteroatoms. The summed E-state index contributed by atoms with van der Waals surface area (Å²) in [5, 5.41) is 3.67. The van der Waals surface area contributed by atoms with Crippen LogP contribution in [0.15, 0.2) is 35.5 Å². The van der Waals surface area contributed by atoms with Crippen molar-refractivity contribution in [1.82, 2.24) is 10.2 Å². The van der Waals surface area contributed by atoms with Gasteiger partial charge in [0, 0.05) is 5.54 Å². The average Bonchev–Trinajstić information content (AvgIpc) is 2.84. The number of hydrogen-bond donors (Lipinski definition) is 1. The molecule has 0 spiro atoms. The van der Waals surface area contributed by atoms with Crippen LogP contribution < -0.4 is 5.32 Å². The molecule has 1 aromatic heterocycles. The topological polar surface area (TPSA) is 28.4 Å². The van der Waals surface area contributed by atoms with Crippen LogP contribution in [0.25, 0.3) is 0 Å². The van der Waals surface area contributed by atoms with E-state index in [1.807, 2.05) is 18.2 Å². The van der Waals surface area contributed by atoms with Gasteiger partial charge in [-0.25, -0.2) is 0 Å². The highest BCUT2D eigenvalue weighted by molar-refractivity contribution is 5.85. The van der Waals surface area contributed by atoms with Gasteiger partial charge in [-0.1, -0.05) is 6.08 Å². The zero-order valence-electron chi connectivity index (χ0n) is 11.0. The second-order valence-corrected chi connectivity index (χ2v) is 5.01. The quantitative estimate of drug-likeness (QED) is 0.834. The molecule has 1 aliphatic heterocycles. The van der Waals surface area contributed by atoms with Crippen molar-refractivity contribution < 1.29 is 4.42 Å². The van der Waals surface area contributed by atoms with Gasteiger partial charge in [0.2, 0.25) is 0 Å². The van der Waals surface area contributed by atoms with Crippen molar-refractivity contribution in [2.75, 3.05) is 20.1 Å². The normalized spacial score (nSPS) is 19.2. The number of nitrogens with one attached hydrogen (secondary N) is 1. The van der Waals surface area contributed by atoms with Crippen molar-refractivity contribution in [3.8, 4) is 0 Å². The highest BCUT2D eigenvalue weighted by atomic mass is 35.5. The molecule has 0 bridgehead atoms. The number of rotatable bonds is 5. The molecule has 0 aliphatic carbocycles. The van der Waals surface area contributed by atoms with Gasteiger partial charge >= 0.3 is 0 Å². The Hall–Kier alpha value is -0.770. The van der Waals surface area contributed by atoms with E-state index in [9.17, 15) is 0 Å². The molecule has 102 valence electrons. The van der Waals surface area contributed by atoms with Gasteiger partial charge in [0.25, 0.3) is 0 Å². The predicted molar refractivity (Wildman–Crippen MR) is 77.1 cm³/mol. The van der Waals surface area contributed by atoms with Gasteiger partial charge in [-0.3, -0.25) is 0 Å². The average molecular weight is 271 g/mol. The summed E-state index contributed by atoms with van der Waals surface area (Å²) in [4.78, 5) is 2.38. The second-order valence-electron chi connectivity index (χ2n) is 5.01. The van der Waals surface area contributed by atoms with E-state index in [4.69, 9.17) is 4.42 Å². The molecule has 0 radical (unpaired) electrons. The minimum Gasteiger partial charge on any atom is -0.468 e. The molecular formula is C14H23ClN2O. The van der Waals surface area contributed by atoms with E-state index in [2.05, 4.69) is 23.8 Å². The van der Waals surface area contributed by atoms with Gasteiger partial charge in [-0.15, -0.1) is 19.0 Å². The van der Waals surface area contributed by atoms with Crippen LogP contribution in [0.1, 0.15) is 25.0 Å². The second kappa shape index (κ2) is 6.98. The Kier molecular flexibility index (Phi) is 5.93. The van der Waals surface area contributed by atoms with E-state index < -0.39 is 0 Å². The van der Waals surface area contributed by atoms with Crippen molar-refractivity contribution >= 4 is 12.4 Å². The molecular weight excluding hydrogens is 248 g/mol. The number of hydrogen-bond acceptors (Lipinski definition) is 3. The summed E-state index contributed by atoms with van der Waals surface area (Å²) in [6.45, 7) is 7.00. The van der Waals surface area contributed by atoms with Crippen molar-refractivity contribution in [3.05, 3.63) is 36.8 Å². The number of halogens is 1. The van der Waals surface area contributed by atoms with Crippen LogP contribution in [0.4, 0.5) is 0 Å². The molecule has 1 N–H and O–H groups in total. The molecule has 2 heterocycles. The third kappa shape index (κ3) is 3.87. The standard InChI is InChI=1S/C14H22N2O.ClH/c1-3-6-14(7-9-16(2)10-8-14)15-12-13-5-4-11-17-13;/h3-5,11,15H,1,6-10,12H2,2H3;1H. The summed E-state index contributed by atoms with van der Waals surface area (Å²) in [7, 11) is 2.18. The minimum absolute atomic E-state index is 0. The fourth-order valence-electron chi connectivity index (χ4n) is 2.46. The smallest absolute Gasteiger partial charge is 0.117 e. The SMILES string of the molecule is C=CCC1(NCc2ccco2)CCN(C)CC1.Cl. The Balaban J connectivity index is 0.00000162. The molecule has 0 atom stereocenters. The zero-order chi connectivity index (χ0) is 12.1. The van der Waals surface area contributed by atoms with Crippen molar-refractivity contribution in [3.63, 3.8) is 0 Å². The summed E-state index contributed by atoms with van der Waals surface area (Å²) >= 11 is 0. The van der Waals surface area contributed by atoms with Gasteiger partial charge in [0.05, 0.1) is 12.8 Å².